The molecule has 3 N–H and O–H groups in total. The lowest BCUT2D eigenvalue weighted by molar-refractivity contribution is 0.118. The van der Waals surface area contributed by atoms with Crippen LogP contribution in [0.4, 0.5) is 10.5 Å². The SMILES string of the molecule is Cc1ccn(-c2ccccc2NC(=O)NC2CCC(O)CC2)n1. The van der Waals surface area contributed by atoms with Crippen molar-refractivity contribution >= 4 is 11.7 Å². The van der Waals surface area contributed by atoms with Crippen LogP contribution in [0.5, 0.6) is 0 Å². The maximum Gasteiger partial charge on any atom is 0.319 e. The summed E-state index contributed by atoms with van der Waals surface area (Å²) >= 11 is 0. The number of hydrogen-bond acceptors (Lipinski definition) is 3. The molecule has 0 atom stereocenters. The van der Waals surface area contributed by atoms with E-state index in [-0.39, 0.29) is 18.2 Å². The Kier molecular flexibility index (Phi) is 4.62. The summed E-state index contributed by atoms with van der Waals surface area (Å²) in [6.45, 7) is 1.93. The van der Waals surface area contributed by atoms with Gasteiger partial charge in [-0.2, -0.15) is 5.10 Å². The van der Waals surface area contributed by atoms with Crippen molar-refractivity contribution in [1.82, 2.24) is 15.1 Å². The van der Waals surface area contributed by atoms with Crippen LogP contribution in [0.25, 0.3) is 5.69 Å². The van der Waals surface area contributed by atoms with Crippen molar-refractivity contribution < 1.29 is 9.90 Å². The molecule has 1 fully saturated rings. The summed E-state index contributed by atoms with van der Waals surface area (Å²) in [5.74, 6) is 0. The summed E-state index contributed by atoms with van der Waals surface area (Å²) in [4.78, 5) is 12.2. The van der Waals surface area contributed by atoms with Crippen molar-refractivity contribution in [3.8, 4) is 5.69 Å². The molecular weight excluding hydrogens is 292 g/mol. The molecule has 1 aromatic carbocycles. The van der Waals surface area contributed by atoms with Gasteiger partial charge in [-0.3, -0.25) is 0 Å². The van der Waals surface area contributed by atoms with Gasteiger partial charge in [-0.15, -0.1) is 0 Å². The number of rotatable bonds is 3. The van der Waals surface area contributed by atoms with Crippen LogP contribution in [0.3, 0.4) is 0 Å². The van der Waals surface area contributed by atoms with Gasteiger partial charge in [0.1, 0.15) is 0 Å². The smallest absolute Gasteiger partial charge is 0.319 e. The number of para-hydroxylation sites is 2. The van der Waals surface area contributed by atoms with E-state index < -0.39 is 0 Å². The molecule has 0 spiro atoms. The number of benzene rings is 1. The first-order valence-electron chi connectivity index (χ1n) is 7.99. The van der Waals surface area contributed by atoms with Gasteiger partial charge in [0.25, 0.3) is 0 Å². The zero-order chi connectivity index (χ0) is 16.2. The van der Waals surface area contributed by atoms with E-state index in [4.69, 9.17) is 0 Å². The molecule has 2 amide bonds. The third kappa shape index (κ3) is 3.90. The largest absolute Gasteiger partial charge is 0.393 e. The Hall–Kier alpha value is -2.34. The van der Waals surface area contributed by atoms with E-state index >= 15 is 0 Å². The molecule has 0 unspecified atom stereocenters. The topological polar surface area (TPSA) is 79.2 Å². The quantitative estimate of drug-likeness (QED) is 0.815. The number of aromatic nitrogens is 2. The number of aliphatic hydroxyl groups is 1. The summed E-state index contributed by atoms with van der Waals surface area (Å²) < 4.78 is 1.75. The molecule has 23 heavy (non-hydrogen) atoms. The molecule has 1 heterocycles. The number of carbonyl (C=O) groups excluding carboxylic acids is 1. The number of carbonyl (C=O) groups is 1. The van der Waals surface area contributed by atoms with Crippen LogP contribution in [-0.2, 0) is 0 Å². The first-order valence-corrected chi connectivity index (χ1v) is 7.99. The monoisotopic (exact) mass is 314 g/mol. The Labute approximate surface area is 135 Å². The third-order valence-electron chi connectivity index (χ3n) is 4.15. The summed E-state index contributed by atoms with van der Waals surface area (Å²) in [6, 6.07) is 9.39. The Morgan fingerprint density at radius 3 is 2.65 bits per heavy atom. The highest BCUT2D eigenvalue weighted by Crippen LogP contribution is 2.21. The number of hydrogen-bond donors (Lipinski definition) is 3. The summed E-state index contributed by atoms with van der Waals surface area (Å²) in [5, 5.41) is 19.8. The minimum Gasteiger partial charge on any atom is -0.393 e. The number of anilines is 1. The zero-order valence-electron chi connectivity index (χ0n) is 13.2. The van der Waals surface area contributed by atoms with Crippen LogP contribution < -0.4 is 10.6 Å². The van der Waals surface area contributed by atoms with Gasteiger partial charge >= 0.3 is 6.03 Å². The fourth-order valence-corrected chi connectivity index (χ4v) is 2.89. The van der Waals surface area contributed by atoms with E-state index in [1.54, 1.807) is 4.68 Å². The first kappa shape index (κ1) is 15.6. The van der Waals surface area contributed by atoms with Crippen LogP contribution in [0, 0.1) is 6.92 Å². The molecule has 1 aromatic heterocycles. The van der Waals surface area contributed by atoms with Crippen LogP contribution >= 0.6 is 0 Å². The number of nitrogens with one attached hydrogen (secondary N) is 2. The minimum atomic E-state index is -0.222. The maximum atomic E-state index is 12.2. The van der Waals surface area contributed by atoms with Crippen molar-refractivity contribution in [2.45, 2.75) is 44.8 Å². The first-order chi connectivity index (χ1) is 11.1. The Morgan fingerprint density at radius 2 is 1.96 bits per heavy atom. The molecule has 0 radical (unpaired) electrons. The van der Waals surface area contributed by atoms with E-state index in [2.05, 4.69) is 15.7 Å². The van der Waals surface area contributed by atoms with E-state index in [9.17, 15) is 9.90 Å². The molecule has 0 bridgehead atoms. The second-order valence-electron chi connectivity index (χ2n) is 6.02. The van der Waals surface area contributed by atoms with Gasteiger partial charge in [-0.05, 0) is 50.8 Å². The molecule has 1 aliphatic carbocycles. The molecule has 6 heteroatoms. The number of urea groups is 1. The lowest BCUT2D eigenvalue weighted by Crippen LogP contribution is -2.41. The predicted octanol–water partition coefficient (Wildman–Crippen LogP) is 2.61. The van der Waals surface area contributed by atoms with Gasteiger partial charge in [0.05, 0.1) is 23.2 Å². The number of aryl methyl sites for hydroxylation is 1. The van der Waals surface area contributed by atoms with E-state index in [0.717, 1.165) is 37.1 Å². The third-order valence-corrected chi connectivity index (χ3v) is 4.15. The van der Waals surface area contributed by atoms with Crippen LogP contribution in [-0.4, -0.2) is 33.1 Å². The maximum absolute atomic E-state index is 12.2. The highest BCUT2D eigenvalue weighted by molar-refractivity contribution is 5.91. The molecule has 122 valence electrons. The van der Waals surface area contributed by atoms with Gasteiger partial charge in [-0.25, -0.2) is 9.48 Å². The molecule has 1 aliphatic rings. The van der Waals surface area contributed by atoms with Crippen molar-refractivity contribution in [1.29, 1.82) is 0 Å². The number of aliphatic hydroxyl groups excluding tert-OH is 1. The Balaban J connectivity index is 1.67. The van der Waals surface area contributed by atoms with E-state index in [1.165, 1.54) is 0 Å². The van der Waals surface area contributed by atoms with E-state index in [1.807, 2.05) is 43.5 Å². The molecule has 0 saturated heterocycles. The molecule has 1 saturated carbocycles. The summed E-state index contributed by atoms with van der Waals surface area (Å²) in [6.07, 6.45) is 4.77. The van der Waals surface area contributed by atoms with Gasteiger partial charge in [-0.1, -0.05) is 12.1 Å². The van der Waals surface area contributed by atoms with Crippen molar-refractivity contribution in [2.75, 3.05) is 5.32 Å². The van der Waals surface area contributed by atoms with Crippen molar-refractivity contribution in [3.63, 3.8) is 0 Å². The highest BCUT2D eigenvalue weighted by atomic mass is 16.3. The van der Waals surface area contributed by atoms with Crippen LogP contribution in [0.15, 0.2) is 36.5 Å². The fraction of sp³-hybridized carbons (Fsp3) is 0.412. The Bertz CT molecular complexity index is 675. The predicted molar refractivity (Wildman–Crippen MR) is 88.7 cm³/mol. The zero-order valence-corrected chi connectivity index (χ0v) is 13.2. The second-order valence-corrected chi connectivity index (χ2v) is 6.02. The molecule has 0 aliphatic heterocycles. The standard InChI is InChI=1S/C17H22N4O2/c1-12-10-11-21(20-12)16-5-3-2-4-15(16)19-17(23)18-13-6-8-14(22)9-7-13/h2-5,10-11,13-14,22H,6-9H2,1H3,(H2,18,19,23). The van der Waals surface area contributed by atoms with Crippen molar-refractivity contribution in [2.24, 2.45) is 0 Å². The average Bonchev–Trinajstić information content (AvgIpc) is 2.96. The average molecular weight is 314 g/mol. The fourth-order valence-electron chi connectivity index (χ4n) is 2.89. The lowest BCUT2D eigenvalue weighted by atomic mass is 9.93. The second kappa shape index (κ2) is 6.83. The molecule has 6 nitrogen and oxygen atoms in total. The summed E-state index contributed by atoms with van der Waals surface area (Å²) in [5.41, 5.74) is 2.46. The number of nitrogens with zero attached hydrogens (tertiary/aromatic N) is 2. The van der Waals surface area contributed by atoms with Gasteiger partial charge in [0, 0.05) is 12.2 Å². The lowest BCUT2D eigenvalue weighted by Gasteiger charge is -2.26. The van der Waals surface area contributed by atoms with Gasteiger partial charge in [0.2, 0.25) is 0 Å². The molecule has 3 rings (SSSR count). The van der Waals surface area contributed by atoms with Gasteiger partial charge in [0.15, 0.2) is 0 Å². The Morgan fingerprint density at radius 1 is 1.22 bits per heavy atom. The van der Waals surface area contributed by atoms with Crippen molar-refractivity contribution in [3.05, 3.63) is 42.2 Å². The van der Waals surface area contributed by atoms with E-state index in [0.29, 0.717) is 5.69 Å². The van der Waals surface area contributed by atoms with Crippen LogP contribution in [0.1, 0.15) is 31.4 Å². The normalized spacial score (nSPS) is 21.0. The summed E-state index contributed by atoms with van der Waals surface area (Å²) in [7, 11) is 0. The highest BCUT2D eigenvalue weighted by Gasteiger charge is 2.21. The van der Waals surface area contributed by atoms with Crippen LogP contribution in [0.2, 0.25) is 0 Å². The molecular formula is C17H22N4O2. The van der Waals surface area contributed by atoms with Gasteiger partial charge < -0.3 is 15.7 Å². The number of amides is 2. The minimum absolute atomic E-state index is 0.123. The molecule has 2 aromatic rings.